The molecule has 28 nitrogen and oxygen atoms in total. The molecule has 1 saturated heterocycles. The van der Waals surface area contributed by atoms with Crippen molar-refractivity contribution in [3.63, 3.8) is 0 Å². The number of rotatable bonds is 30. The van der Waals surface area contributed by atoms with Crippen molar-refractivity contribution >= 4 is 72.9 Å². The summed E-state index contributed by atoms with van der Waals surface area (Å²) in [5.41, 5.74) is 11.5. The third kappa shape index (κ3) is 21.1. The van der Waals surface area contributed by atoms with Crippen molar-refractivity contribution in [1.82, 2.24) is 42.1 Å². The number of hydrogen-bond acceptors (Lipinski definition) is 15. The summed E-state index contributed by atoms with van der Waals surface area (Å²) in [6.45, 7) is 3.05. The van der Waals surface area contributed by atoms with E-state index in [4.69, 9.17) is 21.3 Å². The van der Waals surface area contributed by atoms with E-state index in [1.165, 1.54) is 24.3 Å². The summed E-state index contributed by atoms with van der Waals surface area (Å²) in [5.74, 6) is -12.1. The highest BCUT2D eigenvalue weighted by Crippen LogP contribution is 2.37. The molecule has 2 aromatic carbocycles. The highest BCUT2D eigenvalue weighted by molar-refractivity contribution is 7.46. The average Bonchev–Trinajstić information content (AvgIpc) is 3.84. The van der Waals surface area contributed by atoms with E-state index in [0.717, 1.165) is 11.8 Å². The van der Waals surface area contributed by atoms with Crippen LogP contribution in [0.4, 0.5) is 0 Å². The van der Waals surface area contributed by atoms with Crippen molar-refractivity contribution < 1.29 is 86.9 Å². The molecule has 412 valence electrons. The number of carboxylic acid groups (broad SMARTS) is 2. The van der Waals surface area contributed by atoms with Crippen molar-refractivity contribution in [1.29, 1.82) is 0 Å². The minimum atomic E-state index is -4.92. The van der Waals surface area contributed by atoms with Crippen LogP contribution in [0.15, 0.2) is 54.6 Å². The van der Waals surface area contributed by atoms with Gasteiger partial charge in [-0.05, 0) is 61.8 Å². The third-order valence-corrected chi connectivity index (χ3v) is 11.9. The van der Waals surface area contributed by atoms with Crippen molar-refractivity contribution in [2.75, 3.05) is 19.6 Å². The molecule has 1 aliphatic rings. The molecule has 16 N–H and O–H groups in total. The van der Waals surface area contributed by atoms with Gasteiger partial charge in [-0.1, -0.05) is 56.3 Å². The van der Waals surface area contributed by atoms with Crippen LogP contribution in [0.1, 0.15) is 70.4 Å². The number of nitrogens with zero attached hydrogens (tertiary/aromatic N) is 1. The molecule has 75 heavy (non-hydrogen) atoms. The summed E-state index contributed by atoms with van der Waals surface area (Å²) in [6.07, 6.45) is -4.09. The zero-order chi connectivity index (χ0) is 56.2. The smallest absolute Gasteiger partial charge is 0.481 e. The maximum Gasteiger partial charge on any atom is 0.524 e. The van der Waals surface area contributed by atoms with Crippen molar-refractivity contribution in [3.8, 4) is 5.75 Å². The number of phosphoric acid groups is 1. The predicted octanol–water partition coefficient (Wildman–Crippen LogP) is -3.83. The fourth-order valence-electron chi connectivity index (χ4n) is 7.66. The summed E-state index contributed by atoms with van der Waals surface area (Å²) in [7, 11) is -4.92. The number of amides is 9. The van der Waals surface area contributed by atoms with Gasteiger partial charge in [0.25, 0.3) is 0 Å². The van der Waals surface area contributed by atoms with Gasteiger partial charge >= 0.3 is 19.8 Å². The van der Waals surface area contributed by atoms with Crippen LogP contribution in [0.3, 0.4) is 0 Å². The van der Waals surface area contributed by atoms with Crippen LogP contribution in [0.2, 0.25) is 0 Å². The first-order chi connectivity index (χ1) is 35.2. The zero-order valence-electron chi connectivity index (χ0n) is 41.3. The first-order valence-corrected chi connectivity index (χ1v) is 25.1. The standard InChI is InChI=1S/C46H65N10O18P/c1-24(2)38(54-45(69)39(25(3)57)55-42(66)30(16-18-37(62)63)51-43(67)32(50-35(59)22-47)20-26-8-5-4-6-9-26)46(70)56-19-7-10-33(56)44(68)52-29(15-17-36(60)61)41(65)53-31(40(64)49-23-34(48)58)21-27-11-13-28(14-12-27)74-75(71,72)73/h4-6,8-9,11-14,24-25,29-33,38-39,57H,7,10,15-23,47H2,1-3H3,(H2,48,58)(H,49,64)(H,50,59)(H,51,67)(H,52,68)(H,53,65)(H,54,69)(H,55,66)(H,60,61)(H,62,63)(H2,71,72,73)/t25-,29+,30+,31+,32+,33+,38+,39+/m1/s1. The second-order valence-corrected chi connectivity index (χ2v) is 19.0. The van der Waals surface area contributed by atoms with Crippen molar-refractivity contribution in [2.24, 2.45) is 17.4 Å². The molecule has 0 radical (unpaired) electrons. The van der Waals surface area contributed by atoms with Gasteiger partial charge in [-0.25, -0.2) is 4.57 Å². The number of phosphoric ester groups is 1. The number of nitrogens with one attached hydrogen (secondary N) is 7. The molecule has 0 spiro atoms. The van der Waals surface area contributed by atoms with Gasteiger partial charge < -0.3 is 73.4 Å². The van der Waals surface area contributed by atoms with Crippen LogP contribution in [0.25, 0.3) is 0 Å². The summed E-state index contributed by atoms with van der Waals surface area (Å²) in [5, 5.41) is 46.5. The molecular formula is C46H65N10O18P. The van der Waals surface area contributed by atoms with Crippen LogP contribution in [-0.2, 0) is 70.1 Å². The molecule has 1 aliphatic heterocycles. The molecule has 0 saturated carbocycles. The maximum absolute atomic E-state index is 14.3. The van der Waals surface area contributed by atoms with Gasteiger partial charge in [-0.2, -0.15) is 0 Å². The van der Waals surface area contributed by atoms with E-state index in [0.29, 0.717) is 11.1 Å². The topological polar surface area (TPSA) is 455 Å². The summed E-state index contributed by atoms with van der Waals surface area (Å²) >= 11 is 0. The number of carbonyl (C=O) groups excluding carboxylic acids is 9. The lowest BCUT2D eigenvalue weighted by atomic mass is 10.0. The Hall–Kier alpha value is -7.52. The normalized spacial score (nSPS) is 16.1. The number of benzene rings is 2. The van der Waals surface area contributed by atoms with E-state index in [1.807, 2.05) is 0 Å². The van der Waals surface area contributed by atoms with Crippen LogP contribution in [0, 0.1) is 5.92 Å². The Morgan fingerprint density at radius 3 is 1.71 bits per heavy atom. The highest BCUT2D eigenvalue weighted by atomic mass is 31.2. The van der Waals surface area contributed by atoms with E-state index in [-0.39, 0.29) is 38.0 Å². The summed E-state index contributed by atoms with van der Waals surface area (Å²) in [4.78, 5) is 163. The molecular weight excluding hydrogens is 1010 g/mol. The molecule has 9 amide bonds. The molecule has 0 aliphatic carbocycles. The SMILES string of the molecule is CC(C)[C@H](NC(=O)[C@@H](NC(=O)[C@H](CCC(=O)O)NC(=O)[C@H](Cc1ccccc1)NC(=O)CN)[C@@H](C)O)C(=O)N1CCC[C@H]1C(=O)N[C@@H](CCC(=O)O)C(=O)N[C@@H](Cc1ccc(OP(=O)(O)O)cc1)C(=O)NCC(N)=O. The second kappa shape index (κ2) is 29.4. The summed E-state index contributed by atoms with van der Waals surface area (Å²) in [6, 6.07) is 2.81. The van der Waals surface area contributed by atoms with Crippen molar-refractivity contribution in [2.45, 2.75) is 121 Å². The molecule has 2 aromatic rings. The number of carboxylic acids is 2. The first-order valence-electron chi connectivity index (χ1n) is 23.6. The monoisotopic (exact) mass is 1080 g/mol. The lowest BCUT2D eigenvalue weighted by Gasteiger charge is -2.33. The van der Waals surface area contributed by atoms with Gasteiger partial charge in [-0.3, -0.25) is 62.5 Å². The van der Waals surface area contributed by atoms with E-state index < -0.39 is 166 Å². The number of nitrogens with two attached hydrogens (primary N) is 2. The number of aliphatic hydroxyl groups excluding tert-OH is 1. The van der Waals surface area contributed by atoms with E-state index in [2.05, 4.69) is 41.7 Å². The van der Waals surface area contributed by atoms with Gasteiger partial charge in [0.2, 0.25) is 53.2 Å². The zero-order valence-corrected chi connectivity index (χ0v) is 42.2. The fourth-order valence-corrected chi connectivity index (χ4v) is 8.06. The van der Waals surface area contributed by atoms with Gasteiger partial charge in [-0.15, -0.1) is 0 Å². The number of likely N-dealkylation sites (tertiary alicyclic amines) is 1. The minimum absolute atomic E-state index is 0.0292. The number of carbonyl (C=O) groups is 11. The van der Waals surface area contributed by atoms with Crippen LogP contribution >= 0.6 is 7.82 Å². The highest BCUT2D eigenvalue weighted by Gasteiger charge is 2.42. The van der Waals surface area contributed by atoms with Crippen molar-refractivity contribution in [3.05, 3.63) is 65.7 Å². The molecule has 8 atom stereocenters. The number of aliphatic hydroxyl groups is 1. The Kier molecular flexibility index (Phi) is 24.2. The van der Waals surface area contributed by atoms with E-state index >= 15 is 0 Å². The third-order valence-electron chi connectivity index (χ3n) is 11.5. The molecule has 0 bridgehead atoms. The molecule has 3 rings (SSSR count). The van der Waals surface area contributed by atoms with Gasteiger partial charge in [0.1, 0.15) is 48.0 Å². The minimum Gasteiger partial charge on any atom is -0.481 e. The fraction of sp³-hybridized carbons (Fsp3) is 0.500. The molecule has 29 heteroatoms. The quantitative estimate of drug-likeness (QED) is 0.0333. The lowest BCUT2D eigenvalue weighted by molar-refractivity contribution is -0.144. The van der Waals surface area contributed by atoms with Crippen LogP contribution < -0.4 is 53.2 Å². The van der Waals surface area contributed by atoms with E-state index in [9.17, 15) is 72.6 Å². The average molecular weight is 1080 g/mol. The molecule has 1 fully saturated rings. The Morgan fingerprint density at radius 1 is 0.680 bits per heavy atom. The Bertz CT molecular complexity index is 2420. The Balaban J connectivity index is 1.83. The van der Waals surface area contributed by atoms with Gasteiger partial charge in [0, 0.05) is 32.2 Å². The lowest BCUT2D eigenvalue weighted by Crippen LogP contribution is -2.62. The molecule has 0 aromatic heterocycles. The van der Waals surface area contributed by atoms with Crippen LogP contribution in [-0.4, -0.2) is 163 Å². The predicted molar refractivity (Wildman–Crippen MR) is 261 cm³/mol. The number of aliphatic carboxylic acids is 2. The van der Waals surface area contributed by atoms with Crippen LogP contribution in [0.5, 0.6) is 5.75 Å². The summed E-state index contributed by atoms with van der Waals surface area (Å²) < 4.78 is 15.8. The first kappa shape index (κ1) is 61.8. The largest absolute Gasteiger partial charge is 0.524 e. The number of hydrogen-bond donors (Lipinski definition) is 14. The van der Waals surface area contributed by atoms with E-state index in [1.54, 1.807) is 44.2 Å². The van der Waals surface area contributed by atoms with Gasteiger partial charge in [0.15, 0.2) is 0 Å². The van der Waals surface area contributed by atoms with Gasteiger partial charge in [0.05, 0.1) is 19.2 Å². The molecule has 0 unspecified atom stereocenters. The Labute approximate surface area is 430 Å². The second-order valence-electron chi connectivity index (χ2n) is 17.8. The Morgan fingerprint density at radius 2 is 1.19 bits per heavy atom. The molecule has 1 heterocycles. The maximum atomic E-state index is 14.3. The number of primary amides is 1.